The van der Waals surface area contributed by atoms with Gasteiger partial charge in [-0.3, -0.25) is 14.4 Å². The third kappa shape index (κ3) is 8.07. The number of nitrogens with zero attached hydrogens (tertiary/aromatic N) is 1. The van der Waals surface area contributed by atoms with Crippen LogP contribution >= 0.6 is 22.6 Å². The number of benzene rings is 2. The summed E-state index contributed by atoms with van der Waals surface area (Å²) in [7, 11) is 3.06. The number of aliphatic hydroxyl groups is 2. The number of hydrogen-bond acceptors (Lipinski definition) is 8. The molecule has 2 aromatic rings. The van der Waals surface area contributed by atoms with E-state index in [1.807, 2.05) is 46.9 Å². The quantitative estimate of drug-likeness (QED) is 0.214. The SMILES string of the molecule is COc1cccc(CCN(C(=O)C2CCCC2)[C@@H]2CC(C(=O)NCCO)=C[C@H](Oc3c(I)cc(C=O)cc3OC)[C@H]2O)c1. The van der Waals surface area contributed by atoms with Crippen LogP contribution in [0.3, 0.4) is 0 Å². The Bertz CT molecular complexity index is 1330. The lowest BCUT2D eigenvalue weighted by Gasteiger charge is -2.41. The van der Waals surface area contributed by atoms with Crippen LogP contribution in [0.25, 0.3) is 0 Å². The van der Waals surface area contributed by atoms with Crippen LogP contribution in [0.4, 0.5) is 0 Å². The molecule has 11 heteroatoms. The van der Waals surface area contributed by atoms with Gasteiger partial charge in [-0.1, -0.05) is 25.0 Å². The standard InChI is InChI=1S/C32H39IN2O8/c1-41-24-9-5-6-20(14-24)10-12-35(32(40)22-7-3-4-8-22)26-17-23(31(39)34-11-13-36)18-27(29(26)38)43-30-25(33)15-21(19-37)16-28(30)42-2/h5-6,9,14-16,18-19,22,26-27,29,36,38H,3-4,7-8,10-13,17H2,1-2H3,(H,34,39)/t26-,27+,29+/m1/s1. The van der Waals surface area contributed by atoms with E-state index in [9.17, 15) is 24.6 Å². The molecule has 0 saturated heterocycles. The van der Waals surface area contributed by atoms with Crippen LogP contribution in [-0.2, 0) is 16.0 Å². The number of hydrogen-bond donors (Lipinski definition) is 3. The molecule has 43 heavy (non-hydrogen) atoms. The fourth-order valence-corrected chi connectivity index (χ4v) is 6.51. The Kier molecular flexibility index (Phi) is 11.8. The van der Waals surface area contributed by atoms with Crippen molar-refractivity contribution in [2.24, 2.45) is 5.92 Å². The highest BCUT2D eigenvalue weighted by molar-refractivity contribution is 14.1. The van der Waals surface area contributed by atoms with Gasteiger partial charge in [0.1, 0.15) is 24.2 Å². The number of carbonyl (C=O) groups is 3. The molecule has 232 valence electrons. The largest absolute Gasteiger partial charge is 0.497 e. The monoisotopic (exact) mass is 706 g/mol. The molecule has 2 aliphatic carbocycles. The van der Waals surface area contributed by atoms with E-state index in [1.54, 1.807) is 30.2 Å². The molecule has 0 unspecified atom stereocenters. The number of halogens is 1. The van der Waals surface area contributed by atoms with Gasteiger partial charge in [0.2, 0.25) is 11.8 Å². The van der Waals surface area contributed by atoms with E-state index in [0.717, 1.165) is 31.2 Å². The molecule has 0 heterocycles. The summed E-state index contributed by atoms with van der Waals surface area (Å²) in [5, 5.41) is 23.8. The summed E-state index contributed by atoms with van der Waals surface area (Å²) in [5.74, 6) is 0.745. The zero-order valence-electron chi connectivity index (χ0n) is 24.5. The van der Waals surface area contributed by atoms with Crippen molar-refractivity contribution < 1.29 is 38.8 Å². The lowest BCUT2D eigenvalue weighted by Crippen LogP contribution is -2.56. The molecule has 0 bridgehead atoms. The number of ether oxygens (including phenoxy) is 3. The third-order valence-electron chi connectivity index (χ3n) is 8.02. The van der Waals surface area contributed by atoms with Gasteiger partial charge in [0, 0.05) is 36.6 Å². The third-order valence-corrected chi connectivity index (χ3v) is 8.82. The summed E-state index contributed by atoms with van der Waals surface area (Å²) in [6, 6.07) is 10.1. The van der Waals surface area contributed by atoms with Crippen molar-refractivity contribution in [3.8, 4) is 17.2 Å². The number of amides is 2. The zero-order valence-corrected chi connectivity index (χ0v) is 26.6. The summed E-state index contributed by atoms with van der Waals surface area (Å²) in [6.45, 7) is 0.169. The average molecular weight is 707 g/mol. The topological polar surface area (TPSA) is 135 Å². The summed E-state index contributed by atoms with van der Waals surface area (Å²) < 4.78 is 17.8. The fourth-order valence-electron chi connectivity index (χ4n) is 5.76. The Morgan fingerprint density at radius 2 is 1.91 bits per heavy atom. The van der Waals surface area contributed by atoms with Crippen LogP contribution in [-0.4, -0.2) is 85.4 Å². The van der Waals surface area contributed by atoms with Crippen molar-refractivity contribution in [1.82, 2.24) is 10.2 Å². The second-order valence-electron chi connectivity index (χ2n) is 10.8. The number of aldehydes is 1. The molecule has 4 rings (SSSR count). The summed E-state index contributed by atoms with van der Waals surface area (Å²) in [6.07, 6.45) is 4.27. The first-order chi connectivity index (χ1) is 20.8. The van der Waals surface area contributed by atoms with Crippen molar-refractivity contribution in [2.45, 2.75) is 56.8 Å². The maximum atomic E-state index is 14.0. The van der Waals surface area contributed by atoms with Gasteiger partial charge in [0.05, 0.1) is 30.4 Å². The van der Waals surface area contributed by atoms with E-state index >= 15 is 0 Å². The van der Waals surface area contributed by atoms with Gasteiger partial charge in [-0.05, 0) is 77.8 Å². The number of nitrogens with one attached hydrogen (secondary N) is 1. The summed E-state index contributed by atoms with van der Waals surface area (Å²) in [4.78, 5) is 40.3. The molecule has 3 atom stereocenters. The normalized spacial score (nSPS) is 20.2. The highest BCUT2D eigenvalue weighted by atomic mass is 127. The van der Waals surface area contributed by atoms with Crippen LogP contribution in [0, 0.1) is 9.49 Å². The van der Waals surface area contributed by atoms with Gasteiger partial charge in [-0.2, -0.15) is 0 Å². The lowest BCUT2D eigenvalue weighted by atomic mass is 9.87. The molecule has 0 spiro atoms. The predicted octanol–water partition coefficient (Wildman–Crippen LogP) is 3.30. The maximum Gasteiger partial charge on any atom is 0.247 e. The first-order valence-corrected chi connectivity index (χ1v) is 15.6. The van der Waals surface area contributed by atoms with Crippen molar-refractivity contribution in [3.63, 3.8) is 0 Å². The summed E-state index contributed by atoms with van der Waals surface area (Å²) >= 11 is 2.03. The van der Waals surface area contributed by atoms with E-state index < -0.39 is 24.2 Å². The lowest BCUT2D eigenvalue weighted by molar-refractivity contribution is -0.142. The Hall–Kier alpha value is -3.16. The van der Waals surface area contributed by atoms with Crippen molar-refractivity contribution in [2.75, 3.05) is 33.9 Å². The van der Waals surface area contributed by atoms with Gasteiger partial charge < -0.3 is 34.6 Å². The number of rotatable bonds is 13. The van der Waals surface area contributed by atoms with Crippen LogP contribution in [0.2, 0.25) is 0 Å². The van der Waals surface area contributed by atoms with Crippen LogP contribution in [0.1, 0.15) is 48.0 Å². The molecule has 2 aromatic carbocycles. The average Bonchev–Trinajstić information content (AvgIpc) is 3.57. The fraction of sp³-hybridized carbons (Fsp3) is 0.469. The van der Waals surface area contributed by atoms with E-state index in [2.05, 4.69) is 5.32 Å². The molecule has 0 aromatic heterocycles. The first kappa shape index (κ1) is 32.7. The van der Waals surface area contributed by atoms with E-state index in [4.69, 9.17) is 14.2 Å². The molecule has 3 N–H and O–H groups in total. The molecule has 0 radical (unpaired) electrons. The van der Waals surface area contributed by atoms with Gasteiger partial charge in [0.15, 0.2) is 11.5 Å². The predicted molar refractivity (Wildman–Crippen MR) is 168 cm³/mol. The number of carbonyl (C=O) groups excluding carboxylic acids is 3. The molecule has 2 aliphatic rings. The smallest absolute Gasteiger partial charge is 0.247 e. The molecule has 10 nitrogen and oxygen atoms in total. The Balaban J connectivity index is 1.70. The van der Waals surface area contributed by atoms with Gasteiger partial charge in [-0.15, -0.1) is 0 Å². The molecule has 1 saturated carbocycles. The van der Waals surface area contributed by atoms with E-state index in [0.29, 0.717) is 51.2 Å². The number of aliphatic hydroxyl groups excluding tert-OH is 2. The van der Waals surface area contributed by atoms with E-state index in [1.165, 1.54) is 7.11 Å². The summed E-state index contributed by atoms with van der Waals surface area (Å²) in [5.41, 5.74) is 1.73. The number of methoxy groups -OCH3 is 2. The second kappa shape index (κ2) is 15.5. The maximum absolute atomic E-state index is 14.0. The van der Waals surface area contributed by atoms with Gasteiger partial charge >= 0.3 is 0 Å². The van der Waals surface area contributed by atoms with Crippen molar-refractivity contribution >= 4 is 40.7 Å². The molecule has 1 fully saturated rings. The first-order valence-electron chi connectivity index (χ1n) is 14.5. The Labute approximate surface area is 265 Å². The van der Waals surface area contributed by atoms with Crippen molar-refractivity contribution in [3.05, 3.63) is 62.7 Å². The minimum Gasteiger partial charge on any atom is -0.497 e. The Morgan fingerprint density at radius 1 is 1.14 bits per heavy atom. The highest BCUT2D eigenvalue weighted by Crippen LogP contribution is 2.37. The Morgan fingerprint density at radius 3 is 2.58 bits per heavy atom. The van der Waals surface area contributed by atoms with E-state index in [-0.39, 0.29) is 31.4 Å². The molecule has 2 amide bonds. The minimum absolute atomic E-state index is 0.0392. The van der Waals surface area contributed by atoms with Crippen LogP contribution in [0.15, 0.2) is 48.0 Å². The van der Waals surface area contributed by atoms with Gasteiger partial charge in [0.25, 0.3) is 0 Å². The molecular formula is C32H39IN2O8. The second-order valence-corrected chi connectivity index (χ2v) is 11.9. The van der Waals surface area contributed by atoms with Gasteiger partial charge in [-0.25, -0.2) is 0 Å². The van der Waals surface area contributed by atoms with Crippen molar-refractivity contribution in [1.29, 1.82) is 0 Å². The minimum atomic E-state index is -1.17. The zero-order chi connectivity index (χ0) is 30.9. The molecular weight excluding hydrogens is 667 g/mol. The molecule has 0 aliphatic heterocycles. The highest BCUT2D eigenvalue weighted by Gasteiger charge is 2.42. The van der Waals surface area contributed by atoms with Crippen LogP contribution < -0.4 is 19.5 Å². The van der Waals surface area contributed by atoms with Crippen LogP contribution in [0.5, 0.6) is 17.2 Å².